The van der Waals surface area contributed by atoms with Gasteiger partial charge in [0.15, 0.2) is 6.61 Å². The third-order valence-electron chi connectivity index (χ3n) is 2.48. The molecule has 0 spiro atoms. The van der Waals surface area contributed by atoms with Gasteiger partial charge in [0.05, 0.1) is 5.25 Å². The van der Waals surface area contributed by atoms with Crippen molar-refractivity contribution < 1.29 is 17.9 Å². The number of ether oxygens (including phenoxy) is 1. The maximum Gasteiger partial charge on any atom is 0.257 e. The molecule has 0 fully saturated rings. The van der Waals surface area contributed by atoms with Crippen molar-refractivity contribution in [3.05, 3.63) is 30.3 Å². The number of hydrogen-bond donors (Lipinski definition) is 2. The van der Waals surface area contributed by atoms with E-state index in [1.807, 2.05) is 18.2 Å². The molecule has 112 valence electrons. The topological polar surface area (TPSA) is 84.5 Å². The summed E-state index contributed by atoms with van der Waals surface area (Å²) < 4.78 is 30.5. The molecule has 0 unspecified atom stereocenters. The predicted molar refractivity (Wildman–Crippen MR) is 77.0 cm³/mol. The van der Waals surface area contributed by atoms with E-state index in [1.165, 1.54) is 0 Å². The third-order valence-corrected chi connectivity index (χ3v) is 4.33. The highest BCUT2D eigenvalue weighted by Crippen LogP contribution is 2.07. The molecule has 7 heteroatoms. The zero-order valence-corrected chi connectivity index (χ0v) is 12.4. The SMILES string of the molecule is CC(C)S(=O)(=O)NCCNC(=O)COc1ccccc1. The molecule has 0 saturated heterocycles. The van der Waals surface area contributed by atoms with Crippen LogP contribution in [0.15, 0.2) is 30.3 Å². The average molecular weight is 300 g/mol. The zero-order valence-electron chi connectivity index (χ0n) is 11.6. The number of hydrogen-bond acceptors (Lipinski definition) is 4. The first-order valence-electron chi connectivity index (χ1n) is 6.35. The number of benzene rings is 1. The molecule has 0 aliphatic rings. The number of para-hydroxylation sites is 1. The molecule has 0 radical (unpaired) electrons. The lowest BCUT2D eigenvalue weighted by Crippen LogP contribution is -2.39. The van der Waals surface area contributed by atoms with Crippen molar-refractivity contribution in [1.82, 2.24) is 10.0 Å². The molecular weight excluding hydrogens is 280 g/mol. The Morgan fingerprint density at radius 2 is 1.85 bits per heavy atom. The van der Waals surface area contributed by atoms with Gasteiger partial charge in [-0.1, -0.05) is 18.2 Å². The molecule has 0 aliphatic carbocycles. The van der Waals surface area contributed by atoms with Gasteiger partial charge in [0.2, 0.25) is 10.0 Å². The molecule has 1 rings (SSSR count). The highest BCUT2D eigenvalue weighted by atomic mass is 32.2. The normalized spacial score (nSPS) is 11.3. The first-order valence-corrected chi connectivity index (χ1v) is 7.89. The first-order chi connectivity index (χ1) is 9.42. The molecule has 6 nitrogen and oxygen atoms in total. The van der Waals surface area contributed by atoms with Crippen molar-refractivity contribution in [3.63, 3.8) is 0 Å². The van der Waals surface area contributed by atoms with Crippen molar-refractivity contribution in [3.8, 4) is 5.75 Å². The van der Waals surface area contributed by atoms with Gasteiger partial charge in [-0.25, -0.2) is 13.1 Å². The van der Waals surface area contributed by atoms with Gasteiger partial charge in [0.25, 0.3) is 5.91 Å². The monoisotopic (exact) mass is 300 g/mol. The van der Waals surface area contributed by atoms with Gasteiger partial charge in [-0.3, -0.25) is 4.79 Å². The maximum atomic E-state index is 11.5. The van der Waals surface area contributed by atoms with Crippen molar-refractivity contribution in [2.24, 2.45) is 0 Å². The van der Waals surface area contributed by atoms with E-state index in [0.29, 0.717) is 5.75 Å². The van der Waals surface area contributed by atoms with E-state index < -0.39 is 15.3 Å². The van der Waals surface area contributed by atoms with Crippen LogP contribution in [0.4, 0.5) is 0 Å². The van der Waals surface area contributed by atoms with Gasteiger partial charge in [-0.15, -0.1) is 0 Å². The molecule has 1 aromatic carbocycles. The fourth-order valence-corrected chi connectivity index (χ4v) is 2.00. The van der Waals surface area contributed by atoms with Crippen LogP contribution >= 0.6 is 0 Å². The van der Waals surface area contributed by atoms with Crippen molar-refractivity contribution in [1.29, 1.82) is 0 Å². The van der Waals surface area contributed by atoms with E-state index in [9.17, 15) is 13.2 Å². The maximum absolute atomic E-state index is 11.5. The Labute approximate surface area is 119 Å². The Balaban J connectivity index is 2.18. The standard InChI is InChI=1S/C13H20N2O4S/c1-11(2)20(17,18)15-9-8-14-13(16)10-19-12-6-4-3-5-7-12/h3-7,11,15H,8-10H2,1-2H3,(H,14,16). The van der Waals surface area contributed by atoms with Gasteiger partial charge >= 0.3 is 0 Å². The number of nitrogens with one attached hydrogen (secondary N) is 2. The number of carbonyl (C=O) groups excluding carboxylic acids is 1. The van der Waals surface area contributed by atoms with Crippen molar-refractivity contribution in [2.75, 3.05) is 19.7 Å². The molecule has 0 atom stereocenters. The van der Waals surface area contributed by atoms with Crippen LogP contribution in [0.3, 0.4) is 0 Å². The summed E-state index contributed by atoms with van der Waals surface area (Å²) in [6, 6.07) is 8.99. The zero-order chi connectivity index (χ0) is 15.0. The molecule has 20 heavy (non-hydrogen) atoms. The minimum Gasteiger partial charge on any atom is -0.484 e. The van der Waals surface area contributed by atoms with Crippen LogP contribution in [-0.2, 0) is 14.8 Å². The highest BCUT2D eigenvalue weighted by molar-refractivity contribution is 7.90. The van der Waals surface area contributed by atoms with Gasteiger partial charge in [0, 0.05) is 13.1 Å². The van der Waals surface area contributed by atoms with Crippen LogP contribution in [0.1, 0.15) is 13.8 Å². The summed E-state index contributed by atoms with van der Waals surface area (Å²) in [5.74, 6) is 0.320. The molecule has 0 aromatic heterocycles. The van der Waals surface area contributed by atoms with Crippen LogP contribution in [-0.4, -0.2) is 39.3 Å². The van der Waals surface area contributed by atoms with Crippen molar-refractivity contribution in [2.45, 2.75) is 19.1 Å². The van der Waals surface area contributed by atoms with Crippen LogP contribution < -0.4 is 14.8 Å². The van der Waals surface area contributed by atoms with E-state index >= 15 is 0 Å². The lowest BCUT2D eigenvalue weighted by Gasteiger charge is -2.10. The summed E-state index contributed by atoms with van der Waals surface area (Å²) in [5, 5.41) is 2.09. The van der Waals surface area contributed by atoms with Crippen LogP contribution in [0.2, 0.25) is 0 Å². The second-order valence-electron chi connectivity index (χ2n) is 4.44. The van der Waals surface area contributed by atoms with Gasteiger partial charge in [-0.05, 0) is 26.0 Å². The van der Waals surface area contributed by atoms with Gasteiger partial charge in [-0.2, -0.15) is 0 Å². The summed E-state index contributed by atoms with van der Waals surface area (Å²) in [7, 11) is -3.28. The van der Waals surface area contributed by atoms with Crippen LogP contribution in [0, 0.1) is 0 Å². The molecule has 1 amide bonds. The van der Waals surface area contributed by atoms with E-state index in [0.717, 1.165) is 0 Å². The summed E-state index contributed by atoms with van der Waals surface area (Å²) >= 11 is 0. The van der Waals surface area contributed by atoms with Gasteiger partial charge < -0.3 is 10.1 Å². The minimum absolute atomic E-state index is 0.0963. The summed E-state index contributed by atoms with van der Waals surface area (Å²) in [5.41, 5.74) is 0. The van der Waals surface area contributed by atoms with Crippen molar-refractivity contribution >= 4 is 15.9 Å². The smallest absolute Gasteiger partial charge is 0.257 e. The summed E-state index contributed by atoms with van der Waals surface area (Å²) in [6.07, 6.45) is 0. The van der Waals surface area contributed by atoms with E-state index in [4.69, 9.17) is 4.74 Å². The molecule has 0 aliphatic heterocycles. The Hall–Kier alpha value is -1.60. The lowest BCUT2D eigenvalue weighted by molar-refractivity contribution is -0.123. The largest absolute Gasteiger partial charge is 0.484 e. The second kappa shape index (κ2) is 7.86. The van der Waals surface area contributed by atoms with Crippen LogP contribution in [0.5, 0.6) is 5.75 Å². The second-order valence-corrected chi connectivity index (χ2v) is 6.76. The Bertz CT molecular complexity index is 514. The van der Waals surface area contributed by atoms with E-state index in [1.54, 1.807) is 26.0 Å². The van der Waals surface area contributed by atoms with Gasteiger partial charge in [0.1, 0.15) is 5.75 Å². The molecule has 1 aromatic rings. The fourth-order valence-electron chi connectivity index (χ4n) is 1.28. The molecular formula is C13H20N2O4S. The summed E-state index contributed by atoms with van der Waals surface area (Å²) in [6.45, 7) is 3.48. The Kier molecular flexibility index (Phi) is 6.47. The summed E-state index contributed by atoms with van der Waals surface area (Å²) in [4.78, 5) is 11.5. The quantitative estimate of drug-likeness (QED) is 0.685. The molecule has 0 saturated carbocycles. The average Bonchev–Trinajstić information content (AvgIpc) is 2.42. The number of sulfonamides is 1. The molecule has 2 N–H and O–H groups in total. The Morgan fingerprint density at radius 3 is 2.45 bits per heavy atom. The molecule has 0 bridgehead atoms. The number of rotatable bonds is 8. The number of amides is 1. The van der Waals surface area contributed by atoms with E-state index in [-0.39, 0.29) is 25.6 Å². The number of carbonyl (C=O) groups is 1. The highest BCUT2D eigenvalue weighted by Gasteiger charge is 2.14. The predicted octanol–water partition coefficient (Wildman–Crippen LogP) is 0.509. The lowest BCUT2D eigenvalue weighted by atomic mass is 10.3. The van der Waals surface area contributed by atoms with E-state index in [2.05, 4.69) is 10.0 Å². The van der Waals surface area contributed by atoms with Crippen LogP contribution in [0.25, 0.3) is 0 Å². The third kappa shape index (κ3) is 6.03. The Morgan fingerprint density at radius 1 is 1.20 bits per heavy atom. The molecule has 0 heterocycles. The first kappa shape index (κ1) is 16.5. The minimum atomic E-state index is -3.28. The fraction of sp³-hybridized carbons (Fsp3) is 0.462.